The van der Waals surface area contributed by atoms with Gasteiger partial charge in [-0.1, -0.05) is 0 Å². The van der Waals surface area contributed by atoms with Gasteiger partial charge in [0.05, 0.1) is 12.0 Å². The summed E-state index contributed by atoms with van der Waals surface area (Å²) in [5, 5.41) is 11.9. The number of rotatable bonds is 1. The first-order valence-corrected chi connectivity index (χ1v) is 2.76. The van der Waals surface area contributed by atoms with Gasteiger partial charge in [-0.3, -0.25) is 4.79 Å². The van der Waals surface area contributed by atoms with Crippen LogP contribution in [0.15, 0.2) is 0 Å². The van der Waals surface area contributed by atoms with E-state index in [0.29, 0.717) is 0 Å². The fraction of sp³-hybridized carbons (Fsp3) is 0.600. The van der Waals surface area contributed by atoms with Crippen LogP contribution in [0.3, 0.4) is 0 Å². The molecule has 5 heteroatoms. The third-order valence-corrected chi connectivity index (χ3v) is 1.33. The molecule has 0 bridgehead atoms. The van der Waals surface area contributed by atoms with Crippen LogP contribution in [0.25, 0.3) is 0 Å². The molecule has 0 saturated carbocycles. The van der Waals surface area contributed by atoms with E-state index >= 15 is 0 Å². The van der Waals surface area contributed by atoms with Gasteiger partial charge in [-0.05, 0) is 0 Å². The first-order chi connectivity index (χ1) is 4.61. The van der Waals surface area contributed by atoms with Crippen molar-refractivity contribution in [2.45, 2.75) is 18.6 Å². The van der Waals surface area contributed by atoms with Crippen LogP contribution >= 0.6 is 0 Å². The zero-order chi connectivity index (χ0) is 7.72. The maximum atomic E-state index is 12.2. The Morgan fingerprint density at radius 1 is 1.80 bits per heavy atom. The lowest BCUT2D eigenvalue weighted by molar-refractivity contribution is -0.308. The van der Waals surface area contributed by atoms with Crippen LogP contribution in [0, 0.1) is 0 Å². The lowest BCUT2D eigenvalue weighted by atomic mass is 10.2. The molecule has 4 nitrogen and oxygen atoms in total. The van der Waals surface area contributed by atoms with Crippen molar-refractivity contribution in [3.63, 3.8) is 0 Å². The van der Waals surface area contributed by atoms with Crippen molar-refractivity contribution >= 4 is 11.9 Å². The predicted octanol–water partition coefficient (Wildman–Crippen LogP) is -2.04. The summed E-state index contributed by atoms with van der Waals surface area (Å²) >= 11 is 0. The van der Waals surface area contributed by atoms with Crippen molar-refractivity contribution in [2.24, 2.45) is 0 Å². The third kappa shape index (κ3) is 1.07. The zero-order valence-corrected chi connectivity index (χ0v) is 4.96. The van der Waals surface area contributed by atoms with Crippen molar-refractivity contribution in [1.29, 1.82) is 0 Å². The standard InChI is InChI=1S/C5H6FNO3/c6-2-1-3(5(9)10)7-4(2)8/h2-3H,1H2,(H,7,8)(H,9,10)/p-1/t2-,3-/m1/s1. The Hall–Kier alpha value is -1.13. The van der Waals surface area contributed by atoms with E-state index in [9.17, 15) is 19.1 Å². The monoisotopic (exact) mass is 146 g/mol. The molecule has 2 atom stereocenters. The molecule has 1 heterocycles. The number of hydrogen-bond donors (Lipinski definition) is 1. The van der Waals surface area contributed by atoms with Crippen LogP contribution in [0.4, 0.5) is 4.39 Å². The van der Waals surface area contributed by atoms with Crippen LogP contribution in [-0.4, -0.2) is 24.1 Å². The number of carbonyl (C=O) groups excluding carboxylic acids is 2. The fourth-order valence-electron chi connectivity index (χ4n) is 0.790. The number of aliphatic carboxylic acids is 1. The summed E-state index contributed by atoms with van der Waals surface area (Å²) in [6.07, 6.45) is -2.01. The zero-order valence-electron chi connectivity index (χ0n) is 4.96. The molecule has 1 rings (SSSR count). The Morgan fingerprint density at radius 3 is 2.60 bits per heavy atom. The molecular formula is C5H5FNO3-. The molecule has 1 aliphatic heterocycles. The Bertz CT molecular complexity index is 182. The lowest BCUT2D eigenvalue weighted by Gasteiger charge is -2.08. The summed E-state index contributed by atoms with van der Waals surface area (Å²) < 4.78 is 12.2. The highest BCUT2D eigenvalue weighted by molar-refractivity contribution is 5.89. The molecule has 1 aliphatic rings. The molecule has 1 fully saturated rings. The van der Waals surface area contributed by atoms with E-state index in [0.717, 1.165) is 0 Å². The van der Waals surface area contributed by atoms with Gasteiger partial charge < -0.3 is 15.2 Å². The van der Waals surface area contributed by atoms with Crippen molar-refractivity contribution in [3.8, 4) is 0 Å². The molecule has 56 valence electrons. The Balaban J connectivity index is 2.57. The molecule has 1 amide bonds. The van der Waals surface area contributed by atoms with Gasteiger partial charge in [0, 0.05) is 6.42 Å². The average Bonchev–Trinajstić information content (AvgIpc) is 2.13. The first kappa shape index (κ1) is 6.98. The number of carboxylic acid groups (broad SMARTS) is 1. The normalized spacial score (nSPS) is 31.9. The van der Waals surface area contributed by atoms with Crippen LogP contribution in [0.1, 0.15) is 6.42 Å². The fourth-order valence-corrected chi connectivity index (χ4v) is 0.790. The molecule has 0 aromatic heterocycles. The lowest BCUT2D eigenvalue weighted by Crippen LogP contribution is -2.42. The minimum atomic E-state index is -1.69. The van der Waals surface area contributed by atoms with Gasteiger partial charge in [-0.25, -0.2) is 4.39 Å². The van der Waals surface area contributed by atoms with Gasteiger partial charge in [0.2, 0.25) is 0 Å². The van der Waals surface area contributed by atoms with E-state index in [1.165, 1.54) is 0 Å². The number of nitrogens with one attached hydrogen (secondary N) is 1. The second-order valence-electron chi connectivity index (χ2n) is 2.08. The predicted molar refractivity (Wildman–Crippen MR) is 26.5 cm³/mol. The maximum Gasteiger partial charge on any atom is 0.255 e. The van der Waals surface area contributed by atoms with Gasteiger partial charge in [0.25, 0.3) is 5.91 Å². The summed E-state index contributed by atoms with van der Waals surface area (Å²) in [6, 6.07) is -1.15. The number of hydrogen-bond acceptors (Lipinski definition) is 3. The van der Waals surface area contributed by atoms with Crippen molar-refractivity contribution < 1.29 is 19.1 Å². The maximum absolute atomic E-state index is 12.2. The molecule has 1 saturated heterocycles. The van der Waals surface area contributed by atoms with Crippen LogP contribution in [0.2, 0.25) is 0 Å². The highest BCUT2D eigenvalue weighted by atomic mass is 19.1. The smallest absolute Gasteiger partial charge is 0.255 e. The van der Waals surface area contributed by atoms with Gasteiger partial charge >= 0.3 is 0 Å². The van der Waals surface area contributed by atoms with E-state index in [4.69, 9.17) is 0 Å². The Kier molecular flexibility index (Phi) is 1.57. The molecule has 0 radical (unpaired) electrons. The third-order valence-electron chi connectivity index (χ3n) is 1.33. The van der Waals surface area contributed by atoms with Crippen LogP contribution < -0.4 is 10.4 Å². The van der Waals surface area contributed by atoms with Gasteiger partial charge in [-0.15, -0.1) is 0 Å². The van der Waals surface area contributed by atoms with E-state index in [-0.39, 0.29) is 6.42 Å². The SMILES string of the molecule is O=C1N[C@@H](C(=O)[O-])C[C@H]1F. The van der Waals surface area contributed by atoms with E-state index < -0.39 is 24.1 Å². The van der Waals surface area contributed by atoms with Gasteiger partial charge in [0.15, 0.2) is 6.17 Å². The molecule has 0 unspecified atom stereocenters. The summed E-state index contributed by atoms with van der Waals surface area (Å²) in [6.45, 7) is 0. The molecule has 1 N–H and O–H groups in total. The highest BCUT2D eigenvalue weighted by Crippen LogP contribution is 2.10. The second-order valence-corrected chi connectivity index (χ2v) is 2.08. The summed E-state index contributed by atoms with van der Waals surface area (Å²) in [5.74, 6) is -2.30. The highest BCUT2D eigenvalue weighted by Gasteiger charge is 2.32. The number of carboxylic acids is 1. The Labute approximate surface area is 56.0 Å². The van der Waals surface area contributed by atoms with Gasteiger partial charge in [-0.2, -0.15) is 0 Å². The number of carbonyl (C=O) groups is 2. The summed E-state index contributed by atoms with van der Waals surface area (Å²) in [7, 11) is 0. The average molecular weight is 146 g/mol. The van der Waals surface area contributed by atoms with E-state index in [1.54, 1.807) is 0 Å². The van der Waals surface area contributed by atoms with Crippen molar-refractivity contribution in [1.82, 2.24) is 5.32 Å². The molecule has 0 aromatic rings. The van der Waals surface area contributed by atoms with E-state index in [1.807, 2.05) is 5.32 Å². The second kappa shape index (κ2) is 2.24. The van der Waals surface area contributed by atoms with Gasteiger partial charge in [0.1, 0.15) is 0 Å². The molecule has 0 spiro atoms. The van der Waals surface area contributed by atoms with Crippen molar-refractivity contribution in [3.05, 3.63) is 0 Å². The Morgan fingerprint density at radius 2 is 2.40 bits per heavy atom. The number of alkyl halides is 1. The largest absolute Gasteiger partial charge is 0.548 e. The molecule has 0 aromatic carbocycles. The number of amides is 1. The first-order valence-electron chi connectivity index (χ1n) is 2.76. The number of halogens is 1. The summed E-state index contributed by atoms with van der Waals surface area (Å²) in [5.41, 5.74) is 0. The van der Waals surface area contributed by atoms with E-state index in [2.05, 4.69) is 0 Å². The minimum Gasteiger partial charge on any atom is -0.548 e. The molecule has 10 heavy (non-hydrogen) atoms. The van der Waals surface area contributed by atoms with Crippen molar-refractivity contribution in [2.75, 3.05) is 0 Å². The topological polar surface area (TPSA) is 69.2 Å². The van der Waals surface area contributed by atoms with Crippen LogP contribution in [-0.2, 0) is 9.59 Å². The van der Waals surface area contributed by atoms with Crippen LogP contribution in [0.5, 0.6) is 0 Å². The minimum absolute atomic E-state index is 0.318. The molecular weight excluding hydrogens is 141 g/mol. The molecule has 0 aliphatic carbocycles. The quantitative estimate of drug-likeness (QED) is 0.463. The summed E-state index contributed by atoms with van der Waals surface area (Å²) in [4.78, 5) is 20.3.